The van der Waals surface area contributed by atoms with Crippen molar-refractivity contribution in [3.8, 4) is 11.1 Å². The van der Waals surface area contributed by atoms with E-state index in [1.807, 2.05) is 25.1 Å². The van der Waals surface area contributed by atoms with Gasteiger partial charge in [-0.25, -0.2) is 4.39 Å². The van der Waals surface area contributed by atoms with Crippen LogP contribution in [-0.2, 0) is 11.3 Å². The molecule has 106 valence electrons. The highest BCUT2D eigenvalue weighted by molar-refractivity contribution is 5.72. The molecule has 0 aliphatic carbocycles. The van der Waals surface area contributed by atoms with Gasteiger partial charge in [0, 0.05) is 6.54 Å². The van der Waals surface area contributed by atoms with Gasteiger partial charge in [-0.15, -0.1) is 0 Å². The van der Waals surface area contributed by atoms with Gasteiger partial charge in [0.05, 0.1) is 0 Å². The molecule has 3 rings (SSSR count). The average molecular weight is 282 g/mol. The fraction of sp³-hybridized carbons (Fsp3) is 0.118. The van der Waals surface area contributed by atoms with Gasteiger partial charge in [0.15, 0.2) is 0 Å². The van der Waals surface area contributed by atoms with Crippen molar-refractivity contribution in [3.05, 3.63) is 64.7 Å². The summed E-state index contributed by atoms with van der Waals surface area (Å²) in [6.07, 6.45) is 2.53. The number of benzene rings is 2. The zero-order chi connectivity index (χ0) is 14.8. The largest absolute Gasteiger partial charge is 0.367 e. The van der Waals surface area contributed by atoms with E-state index in [1.54, 1.807) is 12.1 Å². The SMILES string of the molecule is Cc1ccc(F)cc1-c1ccc2c(c1)CNC(NC=O)=C2. The predicted octanol–water partition coefficient (Wildman–Crippen LogP) is 2.95. The Kier molecular flexibility index (Phi) is 3.44. The Morgan fingerprint density at radius 3 is 2.90 bits per heavy atom. The summed E-state index contributed by atoms with van der Waals surface area (Å²) in [5.41, 5.74) is 5.11. The van der Waals surface area contributed by atoms with Gasteiger partial charge >= 0.3 is 0 Å². The monoisotopic (exact) mass is 282 g/mol. The molecule has 2 aromatic rings. The molecule has 4 heteroatoms. The second-order valence-electron chi connectivity index (χ2n) is 5.05. The molecule has 0 atom stereocenters. The van der Waals surface area contributed by atoms with Crippen LogP contribution < -0.4 is 10.6 Å². The van der Waals surface area contributed by atoms with Crippen LogP contribution >= 0.6 is 0 Å². The maximum atomic E-state index is 13.4. The van der Waals surface area contributed by atoms with Crippen molar-refractivity contribution >= 4 is 12.5 Å². The number of hydrogen-bond donors (Lipinski definition) is 2. The minimum Gasteiger partial charge on any atom is -0.367 e. The second-order valence-corrected chi connectivity index (χ2v) is 5.05. The topological polar surface area (TPSA) is 41.1 Å². The molecule has 0 unspecified atom stereocenters. The molecule has 21 heavy (non-hydrogen) atoms. The van der Waals surface area contributed by atoms with E-state index in [4.69, 9.17) is 0 Å². The van der Waals surface area contributed by atoms with E-state index in [0.717, 1.165) is 27.8 Å². The minimum absolute atomic E-state index is 0.233. The Labute approximate surface area is 122 Å². The van der Waals surface area contributed by atoms with Gasteiger partial charge in [0.1, 0.15) is 11.6 Å². The summed E-state index contributed by atoms with van der Waals surface area (Å²) in [5, 5.41) is 5.73. The van der Waals surface area contributed by atoms with E-state index >= 15 is 0 Å². The van der Waals surface area contributed by atoms with E-state index in [0.29, 0.717) is 18.8 Å². The Morgan fingerprint density at radius 2 is 2.10 bits per heavy atom. The van der Waals surface area contributed by atoms with Crippen molar-refractivity contribution in [2.75, 3.05) is 0 Å². The number of hydrogen-bond acceptors (Lipinski definition) is 2. The Hall–Kier alpha value is -2.62. The lowest BCUT2D eigenvalue weighted by Crippen LogP contribution is -2.27. The van der Waals surface area contributed by atoms with Gasteiger partial charge < -0.3 is 10.6 Å². The van der Waals surface area contributed by atoms with Crippen molar-refractivity contribution in [1.82, 2.24) is 10.6 Å². The first kappa shape index (κ1) is 13.4. The van der Waals surface area contributed by atoms with Crippen LogP contribution in [0.5, 0.6) is 0 Å². The number of halogens is 1. The molecule has 0 aromatic heterocycles. The lowest BCUT2D eigenvalue weighted by Gasteiger charge is -2.19. The highest BCUT2D eigenvalue weighted by Crippen LogP contribution is 2.28. The minimum atomic E-state index is -0.233. The number of aryl methyl sites for hydroxylation is 1. The average Bonchev–Trinajstić information content (AvgIpc) is 2.49. The number of fused-ring (bicyclic) bond motifs is 1. The summed E-state index contributed by atoms with van der Waals surface area (Å²) in [7, 11) is 0. The van der Waals surface area contributed by atoms with Gasteiger partial charge in [0.25, 0.3) is 0 Å². The summed E-state index contributed by atoms with van der Waals surface area (Å²) in [6, 6.07) is 10.8. The van der Waals surface area contributed by atoms with Gasteiger partial charge in [0.2, 0.25) is 6.41 Å². The van der Waals surface area contributed by atoms with Crippen molar-refractivity contribution in [3.63, 3.8) is 0 Å². The smallest absolute Gasteiger partial charge is 0.212 e. The molecule has 3 nitrogen and oxygen atoms in total. The third-order valence-electron chi connectivity index (χ3n) is 3.64. The van der Waals surface area contributed by atoms with Crippen LogP contribution in [0.1, 0.15) is 16.7 Å². The second kappa shape index (κ2) is 5.40. The standard InChI is InChI=1S/C17H15FN2O/c1-11-2-5-15(18)8-16(11)13-4-3-12-7-17(20-10-21)19-9-14(12)6-13/h2-8,10,19H,9H2,1H3,(H,20,21). The molecule has 0 saturated carbocycles. The first-order chi connectivity index (χ1) is 10.2. The number of nitrogens with one attached hydrogen (secondary N) is 2. The lowest BCUT2D eigenvalue weighted by atomic mass is 9.95. The van der Waals surface area contributed by atoms with Gasteiger partial charge in [-0.05, 0) is 59.0 Å². The van der Waals surface area contributed by atoms with Gasteiger partial charge in [-0.1, -0.05) is 18.2 Å². The van der Waals surface area contributed by atoms with Crippen molar-refractivity contribution in [2.45, 2.75) is 13.5 Å². The van der Waals surface area contributed by atoms with E-state index in [2.05, 4.69) is 16.7 Å². The molecular formula is C17H15FN2O. The summed E-state index contributed by atoms with van der Waals surface area (Å²) >= 11 is 0. The van der Waals surface area contributed by atoms with Crippen LogP contribution in [0.3, 0.4) is 0 Å². The summed E-state index contributed by atoms with van der Waals surface area (Å²) in [5.74, 6) is 0.455. The maximum absolute atomic E-state index is 13.4. The van der Waals surface area contributed by atoms with Crippen LogP contribution in [0.25, 0.3) is 17.2 Å². The molecule has 2 aromatic carbocycles. The van der Waals surface area contributed by atoms with Gasteiger partial charge in [-0.2, -0.15) is 0 Å². The van der Waals surface area contributed by atoms with Gasteiger partial charge in [-0.3, -0.25) is 4.79 Å². The van der Waals surface area contributed by atoms with Crippen molar-refractivity contribution in [1.29, 1.82) is 0 Å². The summed E-state index contributed by atoms with van der Waals surface area (Å²) < 4.78 is 13.4. The van der Waals surface area contributed by atoms with Crippen LogP contribution in [0.4, 0.5) is 4.39 Å². The number of carbonyl (C=O) groups is 1. The molecule has 0 bridgehead atoms. The first-order valence-electron chi connectivity index (χ1n) is 6.72. The van der Waals surface area contributed by atoms with E-state index < -0.39 is 0 Å². The van der Waals surface area contributed by atoms with Crippen LogP contribution in [-0.4, -0.2) is 6.41 Å². The molecule has 1 aliphatic rings. The first-order valence-corrected chi connectivity index (χ1v) is 6.72. The Bertz CT molecular complexity index is 738. The zero-order valence-corrected chi connectivity index (χ0v) is 11.6. The fourth-order valence-electron chi connectivity index (χ4n) is 2.53. The van der Waals surface area contributed by atoms with Crippen molar-refractivity contribution < 1.29 is 9.18 Å². The summed E-state index contributed by atoms with van der Waals surface area (Å²) in [4.78, 5) is 10.5. The number of amides is 1. The van der Waals surface area contributed by atoms with E-state index in [9.17, 15) is 9.18 Å². The zero-order valence-electron chi connectivity index (χ0n) is 11.6. The molecule has 1 heterocycles. The lowest BCUT2D eigenvalue weighted by molar-refractivity contribution is -0.109. The van der Waals surface area contributed by atoms with Crippen LogP contribution in [0.15, 0.2) is 42.2 Å². The highest BCUT2D eigenvalue weighted by Gasteiger charge is 2.11. The molecule has 0 spiro atoms. The molecule has 2 N–H and O–H groups in total. The molecule has 1 amide bonds. The quantitative estimate of drug-likeness (QED) is 0.850. The van der Waals surface area contributed by atoms with Crippen LogP contribution in [0.2, 0.25) is 0 Å². The van der Waals surface area contributed by atoms with E-state index in [-0.39, 0.29) is 5.82 Å². The van der Waals surface area contributed by atoms with Crippen LogP contribution in [0, 0.1) is 12.7 Å². The molecule has 0 saturated heterocycles. The number of carbonyl (C=O) groups excluding carboxylic acids is 1. The highest BCUT2D eigenvalue weighted by atomic mass is 19.1. The third kappa shape index (κ3) is 2.65. The molecule has 0 fully saturated rings. The normalized spacial score (nSPS) is 13.0. The fourth-order valence-corrected chi connectivity index (χ4v) is 2.53. The summed E-state index contributed by atoms with van der Waals surface area (Å²) in [6.45, 7) is 2.60. The Balaban J connectivity index is 2.01. The number of rotatable bonds is 3. The predicted molar refractivity (Wildman–Crippen MR) is 80.6 cm³/mol. The Morgan fingerprint density at radius 1 is 1.24 bits per heavy atom. The van der Waals surface area contributed by atoms with E-state index in [1.165, 1.54) is 6.07 Å². The third-order valence-corrected chi connectivity index (χ3v) is 3.64. The van der Waals surface area contributed by atoms with Crippen molar-refractivity contribution in [2.24, 2.45) is 0 Å². The molecular weight excluding hydrogens is 267 g/mol. The molecule has 0 radical (unpaired) electrons. The molecule has 1 aliphatic heterocycles. The maximum Gasteiger partial charge on any atom is 0.212 e.